The lowest BCUT2D eigenvalue weighted by atomic mass is 9.75. The van der Waals surface area contributed by atoms with Gasteiger partial charge in [0.2, 0.25) is 5.13 Å². The quantitative estimate of drug-likeness (QED) is 0.927. The molecule has 1 aliphatic rings. The average molecular weight is 332 g/mol. The zero-order valence-corrected chi connectivity index (χ0v) is 14.1. The molecule has 1 aliphatic heterocycles. The second kappa shape index (κ2) is 6.23. The molecule has 0 bridgehead atoms. The number of aromatic nitrogens is 3. The largest absolute Gasteiger partial charge is 0.481 e. The van der Waals surface area contributed by atoms with Crippen molar-refractivity contribution in [1.29, 1.82) is 0 Å². The van der Waals surface area contributed by atoms with Crippen LogP contribution in [0.5, 0.6) is 0 Å². The fraction of sp³-hybridized carbons (Fsp3) is 0.500. The minimum atomic E-state index is -0.740. The summed E-state index contributed by atoms with van der Waals surface area (Å²) in [5.74, 6) is -0.633. The molecule has 6 nitrogen and oxygen atoms in total. The monoisotopic (exact) mass is 332 g/mol. The van der Waals surface area contributed by atoms with Crippen LogP contribution in [0.2, 0.25) is 0 Å². The van der Waals surface area contributed by atoms with Gasteiger partial charge >= 0.3 is 5.97 Å². The van der Waals surface area contributed by atoms with Crippen LogP contribution < -0.4 is 4.90 Å². The van der Waals surface area contributed by atoms with Crippen LogP contribution in [0.1, 0.15) is 26.7 Å². The van der Waals surface area contributed by atoms with Crippen LogP contribution >= 0.6 is 11.3 Å². The molecule has 0 saturated carbocycles. The Labute approximate surface area is 139 Å². The molecule has 0 aromatic carbocycles. The Morgan fingerprint density at radius 1 is 1.39 bits per heavy atom. The maximum atomic E-state index is 11.5. The number of rotatable bonds is 4. The molecular weight excluding hydrogens is 312 g/mol. The van der Waals surface area contributed by atoms with Gasteiger partial charge in [0, 0.05) is 19.3 Å². The van der Waals surface area contributed by atoms with Gasteiger partial charge in [0.15, 0.2) is 5.01 Å². The van der Waals surface area contributed by atoms with Crippen molar-refractivity contribution in [1.82, 2.24) is 15.2 Å². The molecule has 3 rings (SSSR count). The van der Waals surface area contributed by atoms with Crippen LogP contribution in [0.25, 0.3) is 10.7 Å². The zero-order chi connectivity index (χ0) is 16.4. The number of piperidine rings is 1. The first-order valence-corrected chi connectivity index (χ1v) is 8.53. The van der Waals surface area contributed by atoms with Gasteiger partial charge in [0.05, 0.1) is 5.41 Å². The number of pyridine rings is 1. The maximum absolute atomic E-state index is 11.5. The Kier molecular flexibility index (Phi) is 4.30. The number of nitrogens with zero attached hydrogens (tertiary/aromatic N) is 4. The molecule has 122 valence electrons. The third kappa shape index (κ3) is 3.19. The molecule has 7 heteroatoms. The lowest BCUT2D eigenvalue weighted by Gasteiger charge is -2.38. The summed E-state index contributed by atoms with van der Waals surface area (Å²) in [4.78, 5) is 18.0. The topological polar surface area (TPSA) is 79.2 Å². The highest BCUT2D eigenvalue weighted by atomic mass is 32.1. The van der Waals surface area contributed by atoms with Crippen LogP contribution in [-0.4, -0.2) is 39.3 Å². The van der Waals surface area contributed by atoms with E-state index in [9.17, 15) is 9.90 Å². The predicted octanol–water partition coefficient (Wildman–Crippen LogP) is 2.93. The van der Waals surface area contributed by atoms with E-state index in [2.05, 4.69) is 20.1 Å². The van der Waals surface area contributed by atoms with Crippen molar-refractivity contribution in [2.45, 2.75) is 26.7 Å². The fourth-order valence-corrected chi connectivity index (χ4v) is 3.71. The molecule has 2 aromatic heterocycles. The number of hydrogen-bond donors (Lipinski definition) is 1. The van der Waals surface area contributed by atoms with Gasteiger partial charge in [-0.2, -0.15) is 0 Å². The van der Waals surface area contributed by atoms with Gasteiger partial charge in [-0.25, -0.2) is 0 Å². The molecule has 1 saturated heterocycles. The first-order valence-electron chi connectivity index (χ1n) is 7.71. The van der Waals surface area contributed by atoms with Gasteiger partial charge < -0.3 is 10.0 Å². The maximum Gasteiger partial charge on any atom is 0.309 e. The first-order chi connectivity index (χ1) is 11.0. The Bertz CT molecular complexity index is 686. The third-order valence-corrected chi connectivity index (χ3v) is 5.57. The van der Waals surface area contributed by atoms with E-state index in [0.717, 1.165) is 35.2 Å². The minimum absolute atomic E-state index is 0.107. The Hall–Kier alpha value is -2.02. The van der Waals surface area contributed by atoms with Gasteiger partial charge in [0.25, 0.3) is 0 Å². The number of carboxylic acids is 1. The van der Waals surface area contributed by atoms with E-state index in [-0.39, 0.29) is 5.92 Å². The molecule has 1 atom stereocenters. The van der Waals surface area contributed by atoms with Gasteiger partial charge in [-0.05, 0) is 44.7 Å². The van der Waals surface area contributed by atoms with Crippen molar-refractivity contribution in [2.24, 2.45) is 11.3 Å². The number of carboxylic acid groups (broad SMARTS) is 1. The normalized spacial score (nSPS) is 18.9. The summed E-state index contributed by atoms with van der Waals surface area (Å²) in [5, 5.41) is 19.6. The van der Waals surface area contributed by atoms with Gasteiger partial charge in [0.1, 0.15) is 5.69 Å². The van der Waals surface area contributed by atoms with Crippen LogP contribution in [0, 0.1) is 11.3 Å². The smallest absolute Gasteiger partial charge is 0.309 e. The number of anilines is 1. The second-order valence-electron chi connectivity index (χ2n) is 6.42. The Balaban J connectivity index is 1.77. The van der Waals surface area contributed by atoms with E-state index < -0.39 is 11.4 Å². The summed E-state index contributed by atoms with van der Waals surface area (Å²) in [5.41, 5.74) is 0.0864. The number of hydrogen-bond acceptors (Lipinski definition) is 6. The zero-order valence-electron chi connectivity index (χ0n) is 13.3. The summed E-state index contributed by atoms with van der Waals surface area (Å²) in [6.07, 6.45) is 3.64. The van der Waals surface area contributed by atoms with Crippen LogP contribution in [0.15, 0.2) is 24.4 Å². The molecule has 3 heterocycles. The highest BCUT2D eigenvalue weighted by Gasteiger charge is 2.39. The van der Waals surface area contributed by atoms with E-state index in [1.807, 2.05) is 32.0 Å². The summed E-state index contributed by atoms with van der Waals surface area (Å²) in [7, 11) is 0. The fourth-order valence-electron chi connectivity index (χ4n) is 2.85. The van der Waals surface area contributed by atoms with E-state index in [4.69, 9.17) is 0 Å². The van der Waals surface area contributed by atoms with Gasteiger partial charge in [-0.15, -0.1) is 10.2 Å². The van der Waals surface area contributed by atoms with E-state index in [1.165, 1.54) is 11.3 Å². The Morgan fingerprint density at radius 3 is 2.91 bits per heavy atom. The molecule has 0 aliphatic carbocycles. The summed E-state index contributed by atoms with van der Waals surface area (Å²) < 4.78 is 0. The molecule has 1 fully saturated rings. The highest BCUT2D eigenvalue weighted by Crippen LogP contribution is 2.37. The SMILES string of the molecule is CC(C)(C(=O)O)C1CCCN(c2nnc(-c3ccccn3)s2)C1. The Morgan fingerprint density at radius 2 is 2.22 bits per heavy atom. The molecule has 0 amide bonds. The van der Waals surface area contributed by atoms with Crippen LogP contribution in [0.4, 0.5) is 5.13 Å². The summed E-state index contributed by atoms with van der Waals surface area (Å²) in [6, 6.07) is 5.71. The molecule has 1 N–H and O–H groups in total. The summed E-state index contributed by atoms with van der Waals surface area (Å²) >= 11 is 1.51. The average Bonchev–Trinajstić information content (AvgIpc) is 3.06. The molecular formula is C16H20N4O2S. The van der Waals surface area contributed by atoms with E-state index >= 15 is 0 Å². The third-order valence-electron chi connectivity index (χ3n) is 4.56. The highest BCUT2D eigenvalue weighted by molar-refractivity contribution is 7.18. The van der Waals surface area contributed by atoms with Crippen LogP contribution in [0.3, 0.4) is 0 Å². The van der Waals surface area contributed by atoms with Crippen molar-refractivity contribution in [3.05, 3.63) is 24.4 Å². The lowest BCUT2D eigenvalue weighted by Crippen LogP contribution is -2.44. The van der Waals surface area contributed by atoms with Crippen molar-refractivity contribution in [3.8, 4) is 10.7 Å². The van der Waals surface area contributed by atoms with Crippen molar-refractivity contribution in [2.75, 3.05) is 18.0 Å². The van der Waals surface area contributed by atoms with E-state index in [1.54, 1.807) is 6.20 Å². The molecule has 0 spiro atoms. The lowest BCUT2D eigenvalue weighted by molar-refractivity contribution is -0.150. The van der Waals surface area contributed by atoms with Gasteiger partial charge in [-0.1, -0.05) is 17.4 Å². The second-order valence-corrected chi connectivity index (χ2v) is 7.37. The van der Waals surface area contributed by atoms with Crippen molar-refractivity contribution >= 4 is 22.4 Å². The first kappa shape index (κ1) is 15.9. The summed E-state index contributed by atoms with van der Waals surface area (Å²) in [6.45, 7) is 5.21. The number of aliphatic carboxylic acids is 1. The van der Waals surface area contributed by atoms with Crippen molar-refractivity contribution < 1.29 is 9.90 Å². The predicted molar refractivity (Wildman–Crippen MR) is 89.5 cm³/mol. The number of carbonyl (C=O) groups is 1. The molecule has 1 unspecified atom stereocenters. The minimum Gasteiger partial charge on any atom is -0.481 e. The standard InChI is InChI=1S/C16H20N4O2S/c1-16(2,14(21)22)11-6-5-9-20(10-11)15-19-18-13(23-15)12-7-3-4-8-17-12/h3-4,7-8,11H,5-6,9-10H2,1-2H3,(H,21,22). The molecule has 0 radical (unpaired) electrons. The molecule has 23 heavy (non-hydrogen) atoms. The van der Waals surface area contributed by atoms with Crippen molar-refractivity contribution in [3.63, 3.8) is 0 Å². The van der Waals surface area contributed by atoms with Crippen LogP contribution in [-0.2, 0) is 4.79 Å². The molecule has 2 aromatic rings. The van der Waals surface area contributed by atoms with E-state index in [0.29, 0.717) is 6.54 Å². The van der Waals surface area contributed by atoms with Gasteiger partial charge in [-0.3, -0.25) is 9.78 Å².